The molecule has 0 aliphatic heterocycles. The molecule has 0 saturated carbocycles. The summed E-state index contributed by atoms with van der Waals surface area (Å²) in [4.78, 5) is 12.1. The number of rotatable bonds is 4. The first-order valence-corrected chi connectivity index (χ1v) is 6.63. The predicted molar refractivity (Wildman–Crippen MR) is 85.2 cm³/mol. The lowest BCUT2D eigenvalue weighted by atomic mass is 10.2. The van der Waals surface area contributed by atoms with Crippen molar-refractivity contribution in [2.45, 2.75) is 6.92 Å². The molecule has 0 heterocycles. The summed E-state index contributed by atoms with van der Waals surface area (Å²) in [5.41, 5.74) is 1.99. The number of nitrogens with zero attached hydrogens (tertiary/aromatic N) is 1. The Balaban J connectivity index is 2.10. The minimum atomic E-state index is -0.514. The van der Waals surface area contributed by atoms with Gasteiger partial charge in [-0.25, -0.2) is 0 Å². The van der Waals surface area contributed by atoms with Gasteiger partial charge in [-0.1, -0.05) is 18.2 Å². The van der Waals surface area contributed by atoms with Gasteiger partial charge >= 0.3 is 0 Å². The summed E-state index contributed by atoms with van der Waals surface area (Å²) in [7, 11) is 0. The van der Waals surface area contributed by atoms with Crippen LogP contribution in [0.25, 0.3) is 0 Å². The quantitative estimate of drug-likeness (QED) is 0.459. The second-order valence-electron chi connectivity index (χ2n) is 4.63. The van der Waals surface area contributed by atoms with Crippen LogP contribution >= 0.6 is 0 Å². The molecule has 0 spiro atoms. The summed E-state index contributed by atoms with van der Waals surface area (Å²) in [6.45, 7) is 1.76. The molecule has 1 amide bonds. The van der Waals surface area contributed by atoms with E-state index in [2.05, 4.69) is 10.6 Å². The SMILES string of the molecule is Cc1cc(O)ccc1NC(=O)/C(C#N)=C\Nc1ccccc1. The van der Waals surface area contributed by atoms with E-state index in [1.165, 1.54) is 18.3 Å². The summed E-state index contributed by atoms with van der Waals surface area (Å²) >= 11 is 0. The highest BCUT2D eigenvalue weighted by molar-refractivity contribution is 6.07. The van der Waals surface area contributed by atoms with Crippen LogP contribution in [-0.4, -0.2) is 11.0 Å². The molecule has 3 N–H and O–H groups in total. The number of aryl methyl sites for hydroxylation is 1. The Kier molecular flexibility index (Phi) is 4.78. The Morgan fingerprint density at radius 3 is 2.59 bits per heavy atom. The number of nitrogens with one attached hydrogen (secondary N) is 2. The van der Waals surface area contributed by atoms with Crippen molar-refractivity contribution in [3.63, 3.8) is 0 Å². The summed E-state index contributed by atoms with van der Waals surface area (Å²) in [6.07, 6.45) is 1.36. The first kappa shape index (κ1) is 15.1. The molecule has 0 saturated heterocycles. The van der Waals surface area contributed by atoms with Crippen molar-refractivity contribution in [1.82, 2.24) is 0 Å². The van der Waals surface area contributed by atoms with E-state index in [1.807, 2.05) is 36.4 Å². The van der Waals surface area contributed by atoms with Gasteiger partial charge in [0.2, 0.25) is 0 Å². The number of anilines is 2. The maximum absolute atomic E-state index is 12.1. The molecule has 5 nitrogen and oxygen atoms in total. The molecular weight excluding hydrogens is 278 g/mol. The Labute approximate surface area is 128 Å². The number of carbonyl (C=O) groups excluding carboxylic acids is 1. The lowest BCUT2D eigenvalue weighted by Gasteiger charge is -2.08. The fraction of sp³-hybridized carbons (Fsp3) is 0.0588. The van der Waals surface area contributed by atoms with Crippen LogP contribution in [0.15, 0.2) is 60.3 Å². The van der Waals surface area contributed by atoms with E-state index in [-0.39, 0.29) is 11.3 Å². The minimum Gasteiger partial charge on any atom is -0.508 e. The van der Waals surface area contributed by atoms with E-state index in [0.717, 1.165) is 5.69 Å². The lowest BCUT2D eigenvalue weighted by molar-refractivity contribution is -0.112. The van der Waals surface area contributed by atoms with Crippen molar-refractivity contribution in [3.05, 3.63) is 65.9 Å². The average molecular weight is 293 g/mol. The maximum atomic E-state index is 12.1. The Morgan fingerprint density at radius 1 is 1.23 bits per heavy atom. The van der Waals surface area contributed by atoms with Crippen LogP contribution in [-0.2, 0) is 4.79 Å². The average Bonchev–Trinajstić information content (AvgIpc) is 2.52. The largest absolute Gasteiger partial charge is 0.508 e. The summed E-state index contributed by atoms with van der Waals surface area (Å²) in [6, 6.07) is 15.7. The lowest BCUT2D eigenvalue weighted by Crippen LogP contribution is -2.15. The highest BCUT2D eigenvalue weighted by atomic mass is 16.3. The van der Waals surface area contributed by atoms with Crippen molar-refractivity contribution in [2.75, 3.05) is 10.6 Å². The van der Waals surface area contributed by atoms with Gasteiger partial charge in [0.15, 0.2) is 0 Å². The molecule has 0 radical (unpaired) electrons. The molecular formula is C17H15N3O2. The predicted octanol–water partition coefficient (Wildman–Crippen LogP) is 3.16. The van der Waals surface area contributed by atoms with Gasteiger partial charge in [-0.3, -0.25) is 4.79 Å². The van der Waals surface area contributed by atoms with E-state index < -0.39 is 5.91 Å². The fourth-order valence-corrected chi connectivity index (χ4v) is 1.82. The number of nitriles is 1. The Hall–Kier alpha value is -3.26. The van der Waals surface area contributed by atoms with Crippen LogP contribution in [0, 0.1) is 18.3 Å². The number of para-hydroxylation sites is 1. The number of aromatic hydroxyl groups is 1. The summed E-state index contributed by atoms with van der Waals surface area (Å²) in [5, 5.41) is 24.0. The number of hydrogen-bond acceptors (Lipinski definition) is 4. The first-order chi connectivity index (χ1) is 10.6. The van der Waals surface area contributed by atoms with E-state index in [4.69, 9.17) is 5.26 Å². The van der Waals surface area contributed by atoms with Crippen molar-refractivity contribution in [1.29, 1.82) is 5.26 Å². The van der Waals surface area contributed by atoms with Crippen molar-refractivity contribution >= 4 is 17.3 Å². The molecule has 0 aliphatic rings. The number of phenolic OH excluding ortho intramolecular Hbond substituents is 1. The number of amides is 1. The molecule has 110 valence electrons. The highest BCUT2D eigenvalue weighted by Gasteiger charge is 2.10. The second-order valence-corrected chi connectivity index (χ2v) is 4.63. The third-order valence-corrected chi connectivity index (χ3v) is 2.98. The van der Waals surface area contributed by atoms with Gasteiger partial charge in [0.25, 0.3) is 5.91 Å². The van der Waals surface area contributed by atoms with Gasteiger partial charge < -0.3 is 15.7 Å². The van der Waals surface area contributed by atoms with E-state index in [1.54, 1.807) is 13.0 Å². The molecule has 22 heavy (non-hydrogen) atoms. The smallest absolute Gasteiger partial charge is 0.267 e. The molecule has 0 bridgehead atoms. The monoisotopic (exact) mass is 293 g/mol. The zero-order valence-corrected chi connectivity index (χ0v) is 12.0. The zero-order chi connectivity index (χ0) is 15.9. The number of benzene rings is 2. The van der Waals surface area contributed by atoms with Gasteiger partial charge in [-0.05, 0) is 42.8 Å². The third-order valence-electron chi connectivity index (χ3n) is 2.98. The van der Waals surface area contributed by atoms with Crippen LogP contribution in [0.5, 0.6) is 5.75 Å². The van der Waals surface area contributed by atoms with Crippen molar-refractivity contribution in [3.8, 4) is 11.8 Å². The third kappa shape index (κ3) is 3.87. The Morgan fingerprint density at radius 2 is 1.95 bits per heavy atom. The minimum absolute atomic E-state index is 0.0451. The Bertz CT molecular complexity index is 746. The molecule has 2 aromatic rings. The summed E-state index contributed by atoms with van der Waals surface area (Å²) < 4.78 is 0. The van der Waals surface area contributed by atoms with Gasteiger partial charge in [0.1, 0.15) is 17.4 Å². The van der Waals surface area contributed by atoms with Gasteiger partial charge in [-0.15, -0.1) is 0 Å². The van der Waals surface area contributed by atoms with Crippen LogP contribution in [0.2, 0.25) is 0 Å². The molecule has 5 heteroatoms. The van der Waals surface area contributed by atoms with Crippen LogP contribution in [0.4, 0.5) is 11.4 Å². The normalized spacial score (nSPS) is 10.6. The molecule has 0 aromatic heterocycles. The van der Waals surface area contributed by atoms with Crippen LogP contribution < -0.4 is 10.6 Å². The summed E-state index contributed by atoms with van der Waals surface area (Å²) in [5.74, 6) is -0.392. The molecule has 2 aromatic carbocycles. The number of hydrogen-bond donors (Lipinski definition) is 3. The highest BCUT2D eigenvalue weighted by Crippen LogP contribution is 2.20. The van der Waals surface area contributed by atoms with Crippen LogP contribution in [0.1, 0.15) is 5.56 Å². The second kappa shape index (κ2) is 6.95. The van der Waals surface area contributed by atoms with Gasteiger partial charge in [0.05, 0.1) is 0 Å². The number of carbonyl (C=O) groups is 1. The standard InChI is InChI=1S/C17H15N3O2/c1-12-9-15(21)7-8-16(12)20-17(22)13(10-18)11-19-14-5-3-2-4-6-14/h2-9,11,19,21H,1H3,(H,20,22)/b13-11-. The van der Waals surface area contributed by atoms with E-state index in [9.17, 15) is 9.90 Å². The molecule has 0 fully saturated rings. The van der Waals surface area contributed by atoms with E-state index in [0.29, 0.717) is 11.3 Å². The maximum Gasteiger partial charge on any atom is 0.267 e. The fourth-order valence-electron chi connectivity index (χ4n) is 1.82. The van der Waals surface area contributed by atoms with Crippen LogP contribution in [0.3, 0.4) is 0 Å². The van der Waals surface area contributed by atoms with E-state index >= 15 is 0 Å². The zero-order valence-electron chi connectivity index (χ0n) is 12.0. The van der Waals surface area contributed by atoms with Gasteiger partial charge in [-0.2, -0.15) is 5.26 Å². The molecule has 2 rings (SSSR count). The number of phenols is 1. The molecule has 0 atom stereocenters. The topological polar surface area (TPSA) is 85.2 Å². The van der Waals surface area contributed by atoms with Gasteiger partial charge in [0, 0.05) is 17.6 Å². The molecule has 0 aliphatic carbocycles. The molecule has 0 unspecified atom stereocenters. The van der Waals surface area contributed by atoms with Crippen molar-refractivity contribution in [2.24, 2.45) is 0 Å². The van der Waals surface area contributed by atoms with Crippen molar-refractivity contribution < 1.29 is 9.90 Å². The first-order valence-electron chi connectivity index (χ1n) is 6.63.